The van der Waals surface area contributed by atoms with Gasteiger partial charge in [-0.15, -0.1) is 0 Å². The van der Waals surface area contributed by atoms with Crippen molar-refractivity contribution in [1.82, 2.24) is 14.9 Å². The second kappa shape index (κ2) is 9.59. The molecular weight excluding hydrogens is 442 g/mol. The first-order valence-corrected chi connectivity index (χ1v) is 11.5. The zero-order valence-electron chi connectivity index (χ0n) is 20.3. The number of fused-ring (bicyclic) bond motifs is 3. The largest absolute Gasteiger partial charge is 0.490 e. The Labute approximate surface area is 199 Å². The van der Waals surface area contributed by atoms with Crippen molar-refractivity contribution >= 4 is 39.4 Å². The van der Waals surface area contributed by atoms with Crippen LogP contribution < -0.4 is 15.6 Å². The van der Waals surface area contributed by atoms with Crippen molar-refractivity contribution in [2.24, 2.45) is 13.0 Å². The fourth-order valence-electron chi connectivity index (χ4n) is 3.94. The molecule has 2 aromatic heterocycles. The minimum absolute atomic E-state index is 0.161. The van der Waals surface area contributed by atoms with Gasteiger partial charge in [0.05, 0.1) is 22.6 Å². The van der Waals surface area contributed by atoms with E-state index >= 15 is 0 Å². The SMILES string of the molecule is Cc1nccc2c1c(=O)n(C)c1c(Cl)c(OC[C@H](CC(C)C)NC(=O)OC(C)(C)C)ccc21. The van der Waals surface area contributed by atoms with Gasteiger partial charge in [0.15, 0.2) is 0 Å². The van der Waals surface area contributed by atoms with Gasteiger partial charge in [0, 0.05) is 18.6 Å². The average molecular weight is 474 g/mol. The molecule has 0 aliphatic rings. The van der Waals surface area contributed by atoms with Crippen LogP contribution in [-0.2, 0) is 11.8 Å². The monoisotopic (exact) mass is 473 g/mol. The number of aromatic nitrogens is 2. The molecule has 0 spiro atoms. The molecule has 1 amide bonds. The number of halogens is 1. The molecular formula is C25H32ClN3O4. The summed E-state index contributed by atoms with van der Waals surface area (Å²) in [5.74, 6) is 0.786. The van der Waals surface area contributed by atoms with E-state index in [1.807, 2.05) is 39.8 Å². The Hall–Kier alpha value is -2.80. The number of rotatable bonds is 6. The molecule has 0 aliphatic carbocycles. The number of hydrogen-bond donors (Lipinski definition) is 1. The third kappa shape index (κ3) is 5.58. The third-order valence-corrected chi connectivity index (χ3v) is 5.65. The summed E-state index contributed by atoms with van der Waals surface area (Å²) in [6.07, 6.45) is 1.91. The molecule has 0 aliphatic heterocycles. The molecule has 0 unspecified atom stereocenters. The Morgan fingerprint density at radius 2 is 1.91 bits per heavy atom. The standard InChI is InChI=1S/C25H32ClN3O4/c1-14(2)12-16(28-24(31)33-25(4,5)6)13-32-19-9-8-18-17-10-11-27-15(3)20(17)23(30)29(7)22(18)21(19)26/h8-11,14,16H,12-13H2,1-7H3,(H,28,31)/t16-/m0/s1. The molecule has 7 nitrogen and oxygen atoms in total. The fraction of sp³-hybridized carbons (Fsp3) is 0.480. The molecule has 2 heterocycles. The molecule has 3 aromatic rings. The number of benzene rings is 1. The lowest BCUT2D eigenvalue weighted by Crippen LogP contribution is -2.42. The predicted molar refractivity (Wildman–Crippen MR) is 132 cm³/mol. The highest BCUT2D eigenvalue weighted by atomic mass is 35.5. The maximum atomic E-state index is 13.0. The van der Waals surface area contributed by atoms with Crippen molar-refractivity contribution < 1.29 is 14.3 Å². The first kappa shape index (κ1) is 24.8. The van der Waals surface area contributed by atoms with Gasteiger partial charge in [0.25, 0.3) is 5.56 Å². The van der Waals surface area contributed by atoms with E-state index in [0.717, 1.165) is 10.8 Å². The van der Waals surface area contributed by atoms with Crippen molar-refractivity contribution in [2.45, 2.75) is 59.6 Å². The molecule has 0 fully saturated rings. The van der Waals surface area contributed by atoms with Crippen LogP contribution in [0.2, 0.25) is 5.02 Å². The number of pyridine rings is 2. The van der Waals surface area contributed by atoms with E-state index in [1.54, 1.807) is 19.3 Å². The summed E-state index contributed by atoms with van der Waals surface area (Å²) in [4.78, 5) is 29.5. The Morgan fingerprint density at radius 1 is 1.21 bits per heavy atom. The first-order valence-electron chi connectivity index (χ1n) is 11.1. The van der Waals surface area contributed by atoms with E-state index in [2.05, 4.69) is 24.1 Å². The maximum Gasteiger partial charge on any atom is 0.407 e. The van der Waals surface area contributed by atoms with Crippen LogP contribution in [0.4, 0.5) is 4.79 Å². The molecule has 0 saturated heterocycles. The van der Waals surface area contributed by atoms with Gasteiger partial charge in [-0.25, -0.2) is 4.79 Å². The Balaban J connectivity index is 1.93. The lowest BCUT2D eigenvalue weighted by Gasteiger charge is -2.25. The van der Waals surface area contributed by atoms with Crippen LogP contribution in [0.5, 0.6) is 5.75 Å². The lowest BCUT2D eigenvalue weighted by molar-refractivity contribution is 0.0480. The van der Waals surface area contributed by atoms with E-state index in [9.17, 15) is 9.59 Å². The van der Waals surface area contributed by atoms with Gasteiger partial charge in [-0.05, 0) is 63.6 Å². The Morgan fingerprint density at radius 3 is 2.55 bits per heavy atom. The number of ether oxygens (including phenoxy) is 2. The summed E-state index contributed by atoms with van der Waals surface area (Å²) >= 11 is 6.73. The van der Waals surface area contributed by atoms with Gasteiger partial charge in [-0.2, -0.15) is 0 Å². The maximum absolute atomic E-state index is 13.0. The summed E-state index contributed by atoms with van der Waals surface area (Å²) in [6.45, 7) is 11.6. The number of nitrogens with one attached hydrogen (secondary N) is 1. The van der Waals surface area contributed by atoms with Crippen LogP contribution in [0.3, 0.4) is 0 Å². The molecule has 0 saturated carbocycles. The number of hydrogen-bond acceptors (Lipinski definition) is 5. The molecule has 178 valence electrons. The zero-order chi connectivity index (χ0) is 24.5. The van der Waals surface area contributed by atoms with Crippen LogP contribution in [0.15, 0.2) is 29.2 Å². The summed E-state index contributed by atoms with van der Waals surface area (Å²) in [6, 6.07) is 5.26. The molecule has 1 atom stereocenters. The normalized spacial score (nSPS) is 12.9. The highest BCUT2D eigenvalue weighted by Gasteiger charge is 2.22. The van der Waals surface area contributed by atoms with E-state index in [4.69, 9.17) is 21.1 Å². The number of alkyl carbamates (subject to hydrolysis) is 1. The van der Waals surface area contributed by atoms with E-state index in [-0.39, 0.29) is 18.2 Å². The van der Waals surface area contributed by atoms with Crippen LogP contribution in [0.1, 0.15) is 46.7 Å². The first-order chi connectivity index (χ1) is 15.4. The van der Waals surface area contributed by atoms with Gasteiger partial charge in [0.1, 0.15) is 23.0 Å². The van der Waals surface area contributed by atoms with E-state index in [0.29, 0.717) is 39.7 Å². The average Bonchev–Trinajstić information content (AvgIpc) is 2.68. The molecule has 0 radical (unpaired) electrons. The highest BCUT2D eigenvalue weighted by Crippen LogP contribution is 2.35. The van der Waals surface area contributed by atoms with Crippen LogP contribution in [-0.4, -0.2) is 33.9 Å². The Kier molecular flexibility index (Phi) is 7.22. The van der Waals surface area contributed by atoms with Gasteiger partial charge in [0.2, 0.25) is 0 Å². The van der Waals surface area contributed by atoms with Crippen molar-refractivity contribution in [3.8, 4) is 5.75 Å². The molecule has 1 N–H and O–H groups in total. The van der Waals surface area contributed by atoms with Gasteiger partial charge in [-0.1, -0.05) is 25.4 Å². The van der Waals surface area contributed by atoms with E-state index in [1.165, 1.54) is 4.57 Å². The summed E-state index contributed by atoms with van der Waals surface area (Å²) in [5.41, 5.74) is 0.525. The molecule has 8 heteroatoms. The molecule has 33 heavy (non-hydrogen) atoms. The minimum atomic E-state index is -0.587. The number of carbonyl (C=O) groups excluding carboxylic acids is 1. The minimum Gasteiger partial charge on any atom is -0.490 e. The Bertz CT molecular complexity index is 1240. The van der Waals surface area contributed by atoms with Crippen LogP contribution in [0, 0.1) is 12.8 Å². The second-order valence-corrected chi connectivity index (χ2v) is 10.1. The molecule has 3 rings (SSSR count). The third-order valence-electron chi connectivity index (χ3n) is 5.28. The smallest absolute Gasteiger partial charge is 0.407 e. The number of amides is 1. The van der Waals surface area contributed by atoms with E-state index < -0.39 is 11.7 Å². The lowest BCUT2D eigenvalue weighted by atomic mass is 10.0. The van der Waals surface area contributed by atoms with Crippen molar-refractivity contribution in [3.63, 3.8) is 0 Å². The topological polar surface area (TPSA) is 82.5 Å². The van der Waals surface area contributed by atoms with Gasteiger partial charge in [-0.3, -0.25) is 9.78 Å². The molecule has 1 aromatic carbocycles. The van der Waals surface area contributed by atoms with Gasteiger partial charge < -0.3 is 19.4 Å². The van der Waals surface area contributed by atoms with Gasteiger partial charge >= 0.3 is 6.09 Å². The number of carbonyl (C=O) groups is 1. The predicted octanol–water partition coefficient (Wildman–Crippen LogP) is 5.37. The second-order valence-electron chi connectivity index (χ2n) is 9.74. The van der Waals surface area contributed by atoms with Crippen LogP contribution in [0.25, 0.3) is 21.7 Å². The highest BCUT2D eigenvalue weighted by molar-refractivity contribution is 6.37. The zero-order valence-corrected chi connectivity index (χ0v) is 21.0. The summed E-state index contributed by atoms with van der Waals surface area (Å²) in [7, 11) is 1.69. The quantitative estimate of drug-likeness (QED) is 0.487. The molecule has 0 bridgehead atoms. The van der Waals surface area contributed by atoms with Crippen LogP contribution >= 0.6 is 11.6 Å². The van der Waals surface area contributed by atoms with Crippen molar-refractivity contribution in [1.29, 1.82) is 0 Å². The number of nitrogens with zero attached hydrogens (tertiary/aromatic N) is 2. The summed E-state index contributed by atoms with van der Waals surface area (Å²) < 4.78 is 13.0. The van der Waals surface area contributed by atoms with Crippen molar-refractivity contribution in [3.05, 3.63) is 45.5 Å². The fourth-order valence-corrected chi connectivity index (χ4v) is 4.28. The number of aryl methyl sites for hydroxylation is 2. The summed E-state index contributed by atoms with van der Waals surface area (Å²) in [5, 5.41) is 5.47. The van der Waals surface area contributed by atoms with Crippen molar-refractivity contribution in [2.75, 3.05) is 6.61 Å².